The van der Waals surface area contributed by atoms with Crippen molar-refractivity contribution in [3.05, 3.63) is 46.6 Å². The van der Waals surface area contributed by atoms with Crippen molar-refractivity contribution in [3.63, 3.8) is 0 Å². The molecule has 6 heteroatoms. The van der Waals surface area contributed by atoms with E-state index in [9.17, 15) is 4.39 Å². The first-order valence-electron chi connectivity index (χ1n) is 4.35. The minimum absolute atomic E-state index is 0.0655. The zero-order valence-electron chi connectivity index (χ0n) is 7.92. The van der Waals surface area contributed by atoms with Crippen molar-refractivity contribution in [3.8, 4) is 0 Å². The summed E-state index contributed by atoms with van der Waals surface area (Å²) in [6.07, 6.45) is 2.95. The van der Waals surface area contributed by atoms with Crippen LogP contribution in [0.5, 0.6) is 0 Å². The SMILES string of the molecule is Fc1cc(Nc2nccnc2Cl)ccc1Cl. The number of anilines is 2. The Labute approximate surface area is 101 Å². The molecule has 0 aliphatic rings. The van der Waals surface area contributed by atoms with Crippen LogP contribution in [0.3, 0.4) is 0 Å². The van der Waals surface area contributed by atoms with Gasteiger partial charge in [-0.05, 0) is 18.2 Å². The molecule has 0 unspecified atom stereocenters. The van der Waals surface area contributed by atoms with Crippen molar-refractivity contribution in [2.24, 2.45) is 0 Å². The normalized spacial score (nSPS) is 10.2. The van der Waals surface area contributed by atoms with Crippen LogP contribution in [-0.2, 0) is 0 Å². The van der Waals surface area contributed by atoms with Gasteiger partial charge in [-0.2, -0.15) is 0 Å². The van der Waals surface area contributed by atoms with E-state index in [-0.39, 0.29) is 10.2 Å². The molecule has 0 aliphatic heterocycles. The Morgan fingerprint density at radius 1 is 1.12 bits per heavy atom. The van der Waals surface area contributed by atoms with E-state index >= 15 is 0 Å². The van der Waals surface area contributed by atoms with Gasteiger partial charge in [-0.1, -0.05) is 23.2 Å². The molecule has 0 saturated heterocycles. The second-order valence-electron chi connectivity index (χ2n) is 2.95. The van der Waals surface area contributed by atoms with Crippen molar-refractivity contribution in [2.75, 3.05) is 5.32 Å². The largest absolute Gasteiger partial charge is 0.338 e. The number of nitrogens with zero attached hydrogens (tertiary/aromatic N) is 2. The molecule has 2 rings (SSSR count). The summed E-state index contributed by atoms with van der Waals surface area (Å²) in [6.45, 7) is 0. The Balaban J connectivity index is 2.28. The monoisotopic (exact) mass is 257 g/mol. The fourth-order valence-corrected chi connectivity index (χ4v) is 1.39. The van der Waals surface area contributed by atoms with Crippen molar-refractivity contribution < 1.29 is 4.39 Å². The molecule has 0 fully saturated rings. The Bertz CT molecular complexity index is 519. The fraction of sp³-hybridized carbons (Fsp3) is 0. The van der Waals surface area contributed by atoms with Crippen LogP contribution in [0.25, 0.3) is 0 Å². The zero-order chi connectivity index (χ0) is 11.5. The molecule has 0 atom stereocenters. The van der Waals surface area contributed by atoms with Gasteiger partial charge in [-0.3, -0.25) is 0 Å². The van der Waals surface area contributed by atoms with Crippen LogP contribution >= 0.6 is 23.2 Å². The van der Waals surface area contributed by atoms with Crippen LogP contribution < -0.4 is 5.32 Å². The Hall–Kier alpha value is -1.39. The number of halogens is 3. The van der Waals surface area contributed by atoms with Crippen LogP contribution in [0.2, 0.25) is 10.2 Å². The van der Waals surface area contributed by atoms with Gasteiger partial charge < -0.3 is 5.32 Å². The maximum atomic E-state index is 13.1. The first-order chi connectivity index (χ1) is 7.66. The van der Waals surface area contributed by atoms with Gasteiger partial charge in [0.25, 0.3) is 0 Å². The summed E-state index contributed by atoms with van der Waals surface area (Å²) in [7, 11) is 0. The van der Waals surface area contributed by atoms with Gasteiger partial charge in [0.2, 0.25) is 0 Å². The van der Waals surface area contributed by atoms with Gasteiger partial charge in [0.15, 0.2) is 11.0 Å². The third kappa shape index (κ3) is 2.40. The van der Waals surface area contributed by atoms with E-state index in [1.165, 1.54) is 24.5 Å². The maximum Gasteiger partial charge on any atom is 0.171 e. The Morgan fingerprint density at radius 3 is 2.56 bits per heavy atom. The van der Waals surface area contributed by atoms with Gasteiger partial charge in [0.05, 0.1) is 5.02 Å². The van der Waals surface area contributed by atoms with E-state index in [0.29, 0.717) is 11.5 Å². The number of nitrogens with one attached hydrogen (secondary N) is 1. The molecular formula is C10H6Cl2FN3. The molecule has 1 aromatic carbocycles. The highest BCUT2D eigenvalue weighted by atomic mass is 35.5. The molecule has 82 valence electrons. The lowest BCUT2D eigenvalue weighted by Crippen LogP contribution is -1.96. The minimum atomic E-state index is -0.508. The quantitative estimate of drug-likeness (QED) is 0.893. The van der Waals surface area contributed by atoms with Crippen LogP contribution in [0.4, 0.5) is 15.9 Å². The standard InChI is InChI=1S/C10H6Cl2FN3/c11-7-2-1-6(5-8(7)13)16-10-9(12)14-3-4-15-10/h1-5H,(H,15,16). The molecule has 3 nitrogen and oxygen atoms in total. The van der Waals surface area contributed by atoms with E-state index in [1.807, 2.05) is 0 Å². The van der Waals surface area contributed by atoms with Gasteiger partial charge in [0.1, 0.15) is 5.82 Å². The molecule has 2 aromatic rings. The summed E-state index contributed by atoms with van der Waals surface area (Å²) in [5, 5.41) is 3.12. The van der Waals surface area contributed by atoms with E-state index in [1.54, 1.807) is 6.07 Å². The fourth-order valence-electron chi connectivity index (χ4n) is 1.12. The van der Waals surface area contributed by atoms with E-state index in [2.05, 4.69) is 15.3 Å². The molecule has 0 aliphatic carbocycles. The van der Waals surface area contributed by atoms with Gasteiger partial charge >= 0.3 is 0 Å². The predicted molar refractivity (Wildman–Crippen MR) is 61.7 cm³/mol. The molecule has 0 saturated carbocycles. The summed E-state index contributed by atoms with van der Waals surface area (Å²) in [5.41, 5.74) is 0.504. The zero-order valence-corrected chi connectivity index (χ0v) is 9.43. The highest BCUT2D eigenvalue weighted by Crippen LogP contribution is 2.23. The summed E-state index contributed by atoms with van der Waals surface area (Å²) < 4.78 is 13.1. The average molecular weight is 258 g/mol. The number of rotatable bonds is 2. The lowest BCUT2D eigenvalue weighted by molar-refractivity contribution is 0.629. The van der Waals surface area contributed by atoms with Gasteiger partial charge in [0, 0.05) is 18.1 Å². The average Bonchev–Trinajstić information content (AvgIpc) is 2.27. The lowest BCUT2D eigenvalue weighted by Gasteiger charge is -2.06. The van der Waals surface area contributed by atoms with Crippen LogP contribution in [-0.4, -0.2) is 9.97 Å². The molecule has 0 spiro atoms. The van der Waals surface area contributed by atoms with E-state index in [4.69, 9.17) is 23.2 Å². The maximum absolute atomic E-state index is 13.1. The smallest absolute Gasteiger partial charge is 0.171 e. The Kier molecular flexibility index (Phi) is 3.22. The van der Waals surface area contributed by atoms with Crippen LogP contribution in [0.1, 0.15) is 0 Å². The summed E-state index contributed by atoms with van der Waals surface area (Å²) in [4.78, 5) is 7.80. The molecule has 0 bridgehead atoms. The molecule has 0 radical (unpaired) electrons. The van der Waals surface area contributed by atoms with Crippen molar-refractivity contribution >= 4 is 34.7 Å². The molecule has 0 amide bonds. The number of benzene rings is 1. The van der Waals surface area contributed by atoms with Crippen LogP contribution in [0.15, 0.2) is 30.6 Å². The molecular weight excluding hydrogens is 252 g/mol. The van der Waals surface area contributed by atoms with Crippen molar-refractivity contribution in [1.82, 2.24) is 9.97 Å². The highest BCUT2D eigenvalue weighted by Gasteiger charge is 2.04. The summed E-state index contributed by atoms with van der Waals surface area (Å²) in [5.74, 6) is -0.141. The lowest BCUT2D eigenvalue weighted by atomic mass is 10.3. The molecule has 1 heterocycles. The first kappa shape index (κ1) is 11.1. The minimum Gasteiger partial charge on any atom is -0.338 e. The van der Waals surface area contributed by atoms with Crippen LogP contribution in [0, 0.1) is 5.82 Å². The second kappa shape index (κ2) is 4.63. The van der Waals surface area contributed by atoms with E-state index < -0.39 is 5.82 Å². The second-order valence-corrected chi connectivity index (χ2v) is 3.71. The highest BCUT2D eigenvalue weighted by molar-refractivity contribution is 6.32. The number of aromatic nitrogens is 2. The van der Waals surface area contributed by atoms with Gasteiger partial charge in [-0.25, -0.2) is 14.4 Å². The number of hydrogen-bond donors (Lipinski definition) is 1. The van der Waals surface area contributed by atoms with E-state index in [0.717, 1.165) is 0 Å². The third-order valence-corrected chi connectivity index (χ3v) is 2.42. The van der Waals surface area contributed by atoms with Crippen molar-refractivity contribution in [2.45, 2.75) is 0 Å². The number of hydrogen-bond acceptors (Lipinski definition) is 3. The van der Waals surface area contributed by atoms with Gasteiger partial charge in [-0.15, -0.1) is 0 Å². The predicted octanol–water partition coefficient (Wildman–Crippen LogP) is 3.67. The molecule has 16 heavy (non-hydrogen) atoms. The Morgan fingerprint density at radius 2 is 1.88 bits per heavy atom. The first-order valence-corrected chi connectivity index (χ1v) is 5.11. The topological polar surface area (TPSA) is 37.8 Å². The summed E-state index contributed by atoms with van der Waals surface area (Å²) >= 11 is 11.3. The summed E-state index contributed by atoms with van der Waals surface area (Å²) in [6, 6.07) is 4.33. The third-order valence-electron chi connectivity index (χ3n) is 1.84. The molecule has 1 N–H and O–H groups in total. The van der Waals surface area contributed by atoms with Crippen molar-refractivity contribution in [1.29, 1.82) is 0 Å². The molecule has 1 aromatic heterocycles.